The number of amides is 1. The Morgan fingerprint density at radius 2 is 2.25 bits per heavy atom. The van der Waals surface area contributed by atoms with E-state index in [1.165, 1.54) is 0 Å². The second-order valence-corrected chi connectivity index (χ2v) is 5.15. The lowest BCUT2D eigenvalue weighted by Crippen LogP contribution is -2.54. The van der Waals surface area contributed by atoms with Crippen molar-refractivity contribution in [1.29, 1.82) is 0 Å². The van der Waals surface area contributed by atoms with Gasteiger partial charge in [-0.2, -0.15) is 0 Å². The minimum absolute atomic E-state index is 0.0177. The maximum absolute atomic E-state index is 11.9. The molecule has 2 rings (SSSR count). The van der Waals surface area contributed by atoms with Crippen molar-refractivity contribution < 1.29 is 9.90 Å². The molecular formula is C12H14BrNO2. The highest BCUT2D eigenvalue weighted by atomic mass is 79.9. The SMILES string of the molecule is CNC(=O)C1(c2cccc(Br)c2)CC(O)C1. The minimum atomic E-state index is -0.544. The topological polar surface area (TPSA) is 49.3 Å². The van der Waals surface area contributed by atoms with Crippen LogP contribution in [-0.2, 0) is 10.2 Å². The zero-order valence-electron chi connectivity index (χ0n) is 9.03. The van der Waals surface area contributed by atoms with Crippen molar-refractivity contribution in [2.45, 2.75) is 24.4 Å². The Morgan fingerprint density at radius 1 is 1.56 bits per heavy atom. The third kappa shape index (κ3) is 1.76. The molecule has 1 fully saturated rings. The molecule has 3 nitrogen and oxygen atoms in total. The number of hydrogen-bond acceptors (Lipinski definition) is 2. The number of carbonyl (C=O) groups is 1. The van der Waals surface area contributed by atoms with Gasteiger partial charge in [0.15, 0.2) is 0 Å². The van der Waals surface area contributed by atoms with Gasteiger partial charge in [-0.15, -0.1) is 0 Å². The second-order valence-electron chi connectivity index (χ2n) is 4.23. The summed E-state index contributed by atoms with van der Waals surface area (Å²) in [5, 5.41) is 12.1. The van der Waals surface area contributed by atoms with Gasteiger partial charge in [-0.1, -0.05) is 28.1 Å². The van der Waals surface area contributed by atoms with Crippen LogP contribution in [0.3, 0.4) is 0 Å². The normalized spacial score (nSPS) is 28.3. The van der Waals surface area contributed by atoms with E-state index in [0.717, 1.165) is 10.0 Å². The summed E-state index contributed by atoms with van der Waals surface area (Å²) < 4.78 is 0.953. The number of carbonyl (C=O) groups excluding carboxylic acids is 1. The van der Waals surface area contributed by atoms with Gasteiger partial charge in [0.1, 0.15) is 0 Å². The number of nitrogens with one attached hydrogen (secondary N) is 1. The fourth-order valence-electron chi connectivity index (χ4n) is 2.32. The molecule has 1 amide bonds. The number of likely N-dealkylation sites (N-methyl/N-ethyl adjacent to an activating group) is 1. The predicted molar refractivity (Wildman–Crippen MR) is 65.1 cm³/mol. The van der Waals surface area contributed by atoms with Gasteiger partial charge >= 0.3 is 0 Å². The zero-order chi connectivity index (χ0) is 11.8. The molecule has 0 saturated heterocycles. The molecule has 0 heterocycles. The first kappa shape index (κ1) is 11.6. The van der Waals surface area contributed by atoms with E-state index in [1.54, 1.807) is 7.05 Å². The minimum Gasteiger partial charge on any atom is -0.393 e. The first-order valence-electron chi connectivity index (χ1n) is 5.25. The van der Waals surface area contributed by atoms with Crippen LogP contribution in [0.2, 0.25) is 0 Å². The largest absolute Gasteiger partial charge is 0.393 e. The summed E-state index contributed by atoms with van der Waals surface area (Å²) in [6.45, 7) is 0. The Balaban J connectivity index is 2.37. The van der Waals surface area contributed by atoms with Gasteiger partial charge in [0.2, 0.25) is 5.91 Å². The molecule has 0 unspecified atom stereocenters. The van der Waals surface area contributed by atoms with Gasteiger partial charge in [-0.3, -0.25) is 4.79 Å². The van der Waals surface area contributed by atoms with E-state index < -0.39 is 5.41 Å². The van der Waals surface area contributed by atoms with E-state index >= 15 is 0 Å². The number of hydrogen-bond donors (Lipinski definition) is 2. The Kier molecular flexibility index (Phi) is 3.04. The summed E-state index contributed by atoms with van der Waals surface area (Å²) >= 11 is 3.40. The zero-order valence-corrected chi connectivity index (χ0v) is 10.6. The predicted octanol–water partition coefficient (Wildman–Crippen LogP) is 1.59. The second kappa shape index (κ2) is 4.18. The first-order chi connectivity index (χ1) is 7.58. The molecule has 0 bridgehead atoms. The first-order valence-corrected chi connectivity index (χ1v) is 6.04. The van der Waals surface area contributed by atoms with Gasteiger partial charge in [-0.05, 0) is 30.5 Å². The molecule has 16 heavy (non-hydrogen) atoms. The molecular weight excluding hydrogens is 270 g/mol. The standard InChI is InChI=1S/C12H14BrNO2/c1-14-11(16)12(6-10(15)7-12)8-3-2-4-9(13)5-8/h2-5,10,15H,6-7H2,1H3,(H,14,16). The maximum Gasteiger partial charge on any atom is 0.230 e. The van der Waals surface area contributed by atoms with E-state index in [2.05, 4.69) is 21.2 Å². The van der Waals surface area contributed by atoms with Crippen molar-refractivity contribution in [2.24, 2.45) is 0 Å². The molecule has 1 saturated carbocycles. The Hall–Kier alpha value is -0.870. The molecule has 0 aliphatic heterocycles. The third-order valence-electron chi connectivity index (χ3n) is 3.21. The van der Waals surface area contributed by atoms with Crippen LogP contribution in [0, 0.1) is 0 Å². The van der Waals surface area contributed by atoms with Gasteiger partial charge in [0.25, 0.3) is 0 Å². The average molecular weight is 284 g/mol. The summed E-state index contributed by atoms with van der Waals surface area (Å²) in [5.41, 5.74) is 0.421. The van der Waals surface area contributed by atoms with E-state index in [9.17, 15) is 9.90 Å². The lowest BCUT2D eigenvalue weighted by molar-refractivity contribution is -0.134. The van der Waals surface area contributed by atoms with Crippen LogP contribution in [0.5, 0.6) is 0 Å². The highest BCUT2D eigenvalue weighted by Gasteiger charge is 2.50. The van der Waals surface area contributed by atoms with Crippen LogP contribution < -0.4 is 5.32 Å². The molecule has 2 N–H and O–H groups in total. The molecule has 1 aromatic rings. The van der Waals surface area contributed by atoms with Gasteiger partial charge in [-0.25, -0.2) is 0 Å². The van der Waals surface area contributed by atoms with E-state index in [4.69, 9.17) is 0 Å². The van der Waals surface area contributed by atoms with Crippen molar-refractivity contribution >= 4 is 21.8 Å². The summed E-state index contributed by atoms with van der Waals surface area (Å²) in [6.07, 6.45) is 0.642. The fourth-order valence-corrected chi connectivity index (χ4v) is 2.72. The molecule has 0 radical (unpaired) electrons. The quantitative estimate of drug-likeness (QED) is 0.866. The fraction of sp³-hybridized carbons (Fsp3) is 0.417. The Morgan fingerprint density at radius 3 is 2.75 bits per heavy atom. The maximum atomic E-state index is 11.9. The van der Waals surface area contributed by atoms with Gasteiger partial charge in [0, 0.05) is 11.5 Å². The molecule has 0 atom stereocenters. The highest BCUT2D eigenvalue weighted by Crippen LogP contribution is 2.44. The van der Waals surface area contributed by atoms with Crippen molar-refractivity contribution in [3.63, 3.8) is 0 Å². The lowest BCUT2D eigenvalue weighted by Gasteiger charge is -2.44. The molecule has 1 aromatic carbocycles. The lowest BCUT2D eigenvalue weighted by atomic mass is 9.62. The summed E-state index contributed by atoms with van der Waals surface area (Å²) in [7, 11) is 1.63. The van der Waals surface area contributed by atoms with Gasteiger partial charge in [0.05, 0.1) is 11.5 Å². The van der Waals surface area contributed by atoms with Crippen molar-refractivity contribution in [3.8, 4) is 0 Å². The molecule has 86 valence electrons. The van der Waals surface area contributed by atoms with Crippen LogP contribution in [0.1, 0.15) is 18.4 Å². The summed E-state index contributed by atoms with van der Waals surface area (Å²) in [4.78, 5) is 11.9. The van der Waals surface area contributed by atoms with Crippen molar-refractivity contribution in [1.82, 2.24) is 5.32 Å². The van der Waals surface area contributed by atoms with Crippen LogP contribution in [-0.4, -0.2) is 24.2 Å². The van der Waals surface area contributed by atoms with Crippen molar-refractivity contribution in [2.75, 3.05) is 7.05 Å². The number of halogens is 1. The van der Waals surface area contributed by atoms with Gasteiger partial charge < -0.3 is 10.4 Å². The summed E-state index contributed by atoms with van der Waals surface area (Å²) in [5.74, 6) is -0.0177. The molecule has 1 aliphatic rings. The molecule has 1 aliphatic carbocycles. The number of aliphatic hydroxyl groups is 1. The van der Waals surface area contributed by atoms with Crippen LogP contribution in [0.4, 0.5) is 0 Å². The number of benzene rings is 1. The highest BCUT2D eigenvalue weighted by molar-refractivity contribution is 9.10. The van der Waals surface area contributed by atoms with Crippen LogP contribution >= 0.6 is 15.9 Å². The van der Waals surface area contributed by atoms with Crippen LogP contribution in [0.15, 0.2) is 28.7 Å². The van der Waals surface area contributed by atoms with E-state index in [-0.39, 0.29) is 12.0 Å². The average Bonchev–Trinajstić information content (AvgIpc) is 2.23. The third-order valence-corrected chi connectivity index (χ3v) is 3.70. The monoisotopic (exact) mass is 283 g/mol. The smallest absolute Gasteiger partial charge is 0.230 e. The molecule has 0 spiro atoms. The molecule has 4 heteroatoms. The van der Waals surface area contributed by atoms with E-state index in [1.807, 2.05) is 24.3 Å². The Bertz CT molecular complexity index is 413. The number of rotatable bonds is 2. The summed E-state index contributed by atoms with van der Waals surface area (Å²) in [6, 6.07) is 7.72. The molecule has 0 aromatic heterocycles. The van der Waals surface area contributed by atoms with E-state index in [0.29, 0.717) is 12.8 Å². The van der Waals surface area contributed by atoms with Crippen molar-refractivity contribution in [3.05, 3.63) is 34.3 Å². The van der Waals surface area contributed by atoms with Crippen LogP contribution in [0.25, 0.3) is 0 Å². The number of aliphatic hydroxyl groups excluding tert-OH is 1. The Labute approximate surface area is 103 Å².